The zero-order valence-corrected chi connectivity index (χ0v) is 22.8. The van der Waals surface area contributed by atoms with Gasteiger partial charge in [0.2, 0.25) is 21.8 Å². The van der Waals surface area contributed by atoms with Crippen molar-refractivity contribution < 1.29 is 31.2 Å². The maximum absolute atomic E-state index is 13.5. The molecule has 0 aliphatic carbocycles. The number of sulfonamides is 1. The molecule has 2 aromatic carbocycles. The number of alkyl halides is 3. The third-order valence-corrected chi connectivity index (χ3v) is 6.95. The van der Waals surface area contributed by atoms with E-state index in [1.807, 2.05) is 32.9 Å². The fourth-order valence-electron chi connectivity index (χ4n) is 3.52. The summed E-state index contributed by atoms with van der Waals surface area (Å²) in [7, 11) is -4.24. The molecule has 0 spiro atoms. The van der Waals surface area contributed by atoms with Gasteiger partial charge in [-0.3, -0.25) is 13.9 Å². The van der Waals surface area contributed by atoms with Crippen LogP contribution < -0.4 is 9.62 Å². The summed E-state index contributed by atoms with van der Waals surface area (Å²) in [5.41, 5.74) is 0.000921. The second-order valence-electron chi connectivity index (χ2n) is 9.26. The van der Waals surface area contributed by atoms with Gasteiger partial charge in [0.1, 0.15) is 12.6 Å². The highest BCUT2D eigenvalue weighted by molar-refractivity contribution is 7.92. The van der Waals surface area contributed by atoms with Gasteiger partial charge in [-0.05, 0) is 43.5 Å². The number of aryl methyl sites for hydroxylation is 1. The van der Waals surface area contributed by atoms with Gasteiger partial charge in [-0.15, -0.1) is 0 Å². The maximum atomic E-state index is 13.5. The number of carbonyl (C=O) groups excluding carboxylic acids is 2. The van der Waals surface area contributed by atoms with Gasteiger partial charge in [0, 0.05) is 13.1 Å². The molecule has 0 radical (unpaired) electrons. The van der Waals surface area contributed by atoms with E-state index in [1.165, 1.54) is 11.8 Å². The fourth-order valence-corrected chi connectivity index (χ4v) is 4.64. The third-order valence-electron chi connectivity index (χ3n) is 5.51. The molecule has 12 heteroatoms. The number of halogens is 4. The summed E-state index contributed by atoms with van der Waals surface area (Å²) >= 11 is 6.08. The van der Waals surface area contributed by atoms with Crippen molar-refractivity contribution in [1.82, 2.24) is 10.2 Å². The highest BCUT2D eigenvalue weighted by atomic mass is 35.5. The Labute approximate surface area is 220 Å². The quantitative estimate of drug-likeness (QED) is 0.458. The molecule has 2 amide bonds. The van der Waals surface area contributed by atoms with Gasteiger partial charge in [-0.2, -0.15) is 13.2 Å². The molecule has 37 heavy (non-hydrogen) atoms. The van der Waals surface area contributed by atoms with E-state index in [9.17, 15) is 31.2 Å². The number of hydrogen-bond acceptors (Lipinski definition) is 4. The zero-order valence-electron chi connectivity index (χ0n) is 21.3. The Morgan fingerprint density at radius 3 is 2.27 bits per heavy atom. The van der Waals surface area contributed by atoms with Crippen molar-refractivity contribution in [2.75, 3.05) is 23.7 Å². The SMILES string of the molecule is Cc1cccc(CN(C(=O)CN(c2cc(C(F)(F)F)ccc2Cl)S(C)(=O)=O)C(C)C(=O)NCC(C)C)c1. The van der Waals surface area contributed by atoms with Crippen LogP contribution in [0.4, 0.5) is 18.9 Å². The molecule has 1 unspecified atom stereocenters. The van der Waals surface area contributed by atoms with Crippen LogP contribution in [0, 0.1) is 12.8 Å². The maximum Gasteiger partial charge on any atom is 0.416 e. The van der Waals surface area contributed by atoms with Gasteiger partial charge in [-0.1, -0.05) is 55.3 Å². The molecule has 0 saturated carbocycles. The Hall–Kier alpha value is -2.79. The Kier molecular flexibility index (Phi) is 10.0. The summed E-state index contributed by atoms with van der Waals surface area (Å²) in [5.74, 6) is -1.08. The van der Waals surface area contributed by atoms with Crippen molar-refractivity contribution in [3.05, 3.63) is 64.2 Å². The molecule has 1 N–H and O–H groups in total. The number of amides is 2. The van der Waals surface area contributed by atoms with Crippen LogP contribution in [0.1, 0.15) is 37.5 Å². The Balaban J connectivity index is 2.48. The zero-order chi connectivity index (χ0) is 28.1. The normalized spacial score (nSPS) is 12.8. The largest absolute Gasteiger partial charge is 0.416 e. The first kappa shape index (κ1) is 30.4. The average molecular weight is 562 g/mol. The fraction of sp³-hybridized carbons (Fsp3) is 0.440. The van der Waals surface area contributed by atoms with Crippen molar-refractivity contribution in [1.29, 1.82) is 0 Å². The third kappa shape index (κ3) is 8.63. The lowest BCUT2D eigenvalue weighted by Crippen LogP contribution is -2.51. The van der Waals surface area contributed by atoms with E-state index in [-0.39, 0.29) is 17.5 Å². The molecule has 1 atom stereocenters. The molecule has 204 valence electrons. The topological polar surface area (TPSA) is 86.8 Å². The van der Waals surface area contributed by atoms with Crippen LogP contribution in [-0.2, 0) is 32.3 Å². The summed E-state index contributed by atoms with van der Waals surface area (Å²) in [6.07, 6.45) is -3.99. The Morgan fingerprint density at radius 2 is 1.73 bits per heavy atom. The lowest BCUT2D eigenvalue weighted by Gasteiger charge is -2.32. The molecule has 0 aromatic heterocycles. The van der Waals surface area contributed by atoms with Crippen LogP contribution in [0.5, 0.6) is 0 Å². The number of carbonyl (C=O) groups is 2. The van der Waals surface area contributed by atoms with Gasteiger partial charge < -0.3 is 10.2 Å². The van der Waals surface area contributed by atoms with Crippen LogP contribution in [0.2, 0.25) is 5.02 Å². The highest BCUT2D eigenvalue weighted by Crippen LogP contribution is 2.36. The number of benzene rings is 2. The second-order valence-corrected chi connectivity index (χ2v) is 11.6. The van der Waals surface area contributed by atoms with E-state index < -0.39 is 51.9 Å². The van der Waals surface area contributed by atoms with Gasteiger partial charge in [0.15, 0.2) is 0 Å². The van der Waals surface area contributed by atoms with Crippen molar-refractivity contribution in [2.45, 2.75) is 46.5 Å². The molecular formula is C25H31ClF3N3O4S. The van der Waals surface area contributed by atoms with Gasteiger partial charge in [-0.25, -0.2) is 8.42 Å². The lowest BCUT2D eigenvalue weighted by molar-refractivity contribution is -0.139. The van der Waals surface area contributed by atoms with Crippen LogP contribution in [0.3, 0.4) is 0 Å². The van der Waals surface area contributed by atoms with Gasteiger partial charge in [0.05, 0.1) is 22.5 Å². The summed E-state index contributed by atoms with van der Waals surface area (Å²) in [6.45, 7) is 6.66. The number of hydrogen-bond donors (Lipinski definition) is 1. The Morgan fingerprint density at radius 1 is 1.08 bits per heavy atom. The van der Waals surface area contributed by atoms with Crippen LogP contribution >= 0.6 is 11.6 Å². The van der Waals surface area contributed by atoms with E-state index >= 15 is 0 Å². The minimum absolute atomic E-state index is 0.0231. The average Bonchev–Trinajstić information content (AvgIpc) is 2.78. The molecule has 0 bridgehead atoms. The summed E-state index contributed by atoms with van der Waals surface area (Å²) in [5, 5.41) is 2.47. The summed E-state index contributed by atoms with van der Waals surface area (Å²) in [6, 6.07) is 8.44. The van der Waals surface area contributed by atoms with Crippen LogP contribution in [0.15, 0.2) is 42.5 Å². The molecule has 0 aliphatic heterocycles. The number of nitrogens with zero attached hydrogens (tertiary/aromatic N) is 2. The first-order valence-corrected chi connectivity index (χ1v) is 13.7. The molecule has 0 heterocycles. The Bertz CT molecular complexity index is 1240. The first-order chi connectivity index (χ1) is 17.0. The van der Waals surface area contributed by atoms with Crippen molar-refractivity contribution in [3.63, 3.8) is 0 Å². The molecule has 2 rings (SSSR count). The monoisotopic (exact) mass is 561 g/mol. The highest BCUT2D eigenvalue weighted by Gasteiger charge is 2.34. The van der Waals surface area contributed by atoms with Crippen molar-refractivity contribution in [3.8, 4) is 0 Å². The number of rotatable bonds is 10. The number of nitrogens with one attached hydrogen (secondary N) is 1. The second kappa shape index (κ2) is 12.2. The summed E-state index contributed by atoms with van der Waals surface area (Å²) < 4.78 is 65.7. The van der Waals surface area contributed by atoms with Crippen LogP contribution in [-0.4, -0.2) is 50.5 Å². The van der Waals surface area contributed by atoms with E-state index in [2.05, 4.69) is 5.32 Å². The van der Waals surface area contributed by atoms with Crippen LogP contribution in [0.25, 0.3) is 0 Å². The smallest absolute Gasteiger partial charge is 0.354 e. The van der Waals surface area contributed by atoms with E-state index in [1.54, 1.807) is 12.1 Å². The van der Waals surface area contributed by atoms with Gasteiger partial charge >= 0.3 is 6.18 Å². The molecule has 2 aromatic rings. The van der Waals surface area contributed by atoms with Gasteiger partial charge in [0.25, 0.3) is 0 Å². The minimum atomic E-state index is -4.76. The lowest BCUT2D eigenvalue weighted by atomic mass is 10.1. The first-order valence-electron chi connectivity index (χ1n) is 11.5. The molecule has 0 aliphatic rings. The predicted octanol–water partition coefficient (Wildman–Crippen LogP) is 4.62. The van der Waals surface area contributed by atoms with E-state index in [0.717, 1.165) is 24.0 Å². The van der Waals surface area contributed by atoms with E-state index in [4.69, 9.17) is 11.6 Å². The van der Waals surface area contributed by atoms with E-state index in [0.29, 0.717) is 22.5 Å². The van der Waals surface area contributed by atoms with Crippen molar-refractivity contribution in [2.24, 2.45) is 5.92 Å². The standard InChI is InChI=1S/C25H31ClF3N3O4S/c1-16(2)13-30-24(34)18(4)31(14-19-8-6-7-17(3)11-19)23(33)15-32(37(5,35)36)22-12-20(25(27,28)29)9-10-21(22)26/h6-12,16,18H,13-15H2,1-5H3,(H,30,34). The predicted molar refractivity (Wildman–Crippen MR) is 138 cm³/mol. The molecule has 0 saturated heterocycles. The summed E-state index contributed by atoms with van der Waals surface area (Å²) in [4.78, 5) is 27.5. The number of anilines is 1. The molecule has 0 fully saturated rings. The molecular weight excluding hydrogens is 531 g/mol. The van der Waals surface area contributed by atoms with Crippen molar-refractivity contribution >= 4 is 39.1 Å². The molecule has 7 nitrogen and oxygen atoms in total. The minimum Gasteiger partial charge on any atom is -0.354 e.